The van der Waals surface area contributed by atoms with Gasteiger partial charge in [-0.1, -0.05) is 47.5 Å². The van der Waals surface area contributed by atoms with Crippen molar-refractivity contribution in [3.63, 3.8) is 0 Å². The summed E-state index contributed by atoms with van der Waals surface area (Å²) in [5.41, 5.74) is 4.22. The molecular weight excluding hydrogens is 487 g/mol. The van der Waals surface area contributed by atoms with Gasteiger partial charge in [0.2, 0.25) is 0 Å². The van der Waals surface area contributed by atoms with Crippen molar-refractivity contribution in [3.05, 3.63) is 99.0 Å². The molecule has 0 saturated carbocycles. The number of carbonyl (C=O) groups excluding carboxylic acids is 2. The van der Waals surface area contributed by atoms with E-state index in [9.17, 15) is 9.59 Å². The third-order valence-electron chi connectivity index (χ3n) is 6.42. The maximum absolute atomic E-state index is 14.3. The Kier molecular flexibility index (Phi) is 5.70. The van der Waals surface area contributed by atoms with Crippen molar-refractivity contribution in [2.24, 2.45) is 0 Å². The van der Waals surface area contributed by atoms with E-state index < -0.39 is 4.87 Å². The van der Waals surface area contributed by atoms with E-state index in [1.165, 1.54) is 11.8 Å². The van der Waals surface area contributed by atoms with Crippen molar-refractivity contribution in [1.29, 1.82) is 0 Å². The van der Waals surface area contributed by atoms with Crippen molar-refractivity contribution in [3.8, 4) is 0 Å². The lowest BCUT2D eigenvalue weighted by Crippen LogP contribution is -2.50. The summed E-state index contributed by atoms with van der Waals surface area (Å²) < 4.78 is -0.337. The zero-order chi connectivity index (χ0) is 24.3. The summed E-state index contributed by atoms with van der Waals surface area (Å²) in [4.78, 5) is 30.5. The molecule has 1 atom stereocenters. The standard InChI is InChI=1S/C27H24Cl2N2O2S/c1-17-6-4-5-7-19(17)15-30-23-13-12-21(29)14-22(23)27(25(30)33)31(16-26(2,3)34-27)24(32)18-8-10-20(28)11-9-18/h4-14H,15-16H2,1-3H3/t27-/m0/s1. The van der Waals surface area contributed by atoms with Crippen molar-refractivity contribution in [2.45, 2.75) is 36.9 Å². The molecule has 34 heavy (non-hydrogen) atoms. The molecule has 0 unspecified atom stereocenters. The van der Waals surface area contributed by atoms with Crippen LogP contribution in [0.15, 0.2) is 66.7 Å². The van der Waals surface area contributed by atoms with Crippen molar-refractivity contribution >= 4 is 52.5 Å². The van der Waals surface area contributed by atoms with Crippen molar-refractivity contribution < 1.29 is 9.59 Å². The quantitative estimate of drug-likeness (QED) is 0.395. The van der Waals surface area contributed by atoms with E-state index in [4.69, 9.17) is 23.2 Å². The second kappa shape index (κ2) is 8.33. The van der Waals surface area contributed by atoms with Gasteiger partial charge in [0.1, 0.15) is 0 Å². The summed E-state index contributed by atoms with van der Waals surface area (Å²) in [6.45, 7) is 7.02. The molecule has 0 aromatic heterocycles. The SMILES string of the molecule is Cc1ccccc1CN1C(=O)[C@@]2(SC(C)(C)CN2C(=O)c2ccc(Cl)cc2)c2cc(Cl)ccc21. The summed E-state index contributed by atoms with van der Waals surface area (Å²) in [7, 11) is 0. The van der Waals surface area contributed by atoms with Crippen molar-refractivity contribution in [1.82, 2.24) is 4.90 Å². The summed E-state index contributed by atoms with van der Waals surface area (Å²) in [6.07, 6.45) is 0. The number of rotatable bonds is 3. The molecule has 4 nitrogen and oxygen atoms in total. The summed E-state index contributed by atoms with van der Waals surface area (Å²) in [6, 6.07) is 20.4. The summed E-state index contributed by atoms with van der Waals surface area (Å²) in [5, 5.41) is 1.09. The van der Waals surface area contributed by atoms with Gasteiger partial charge in [0, 0.05) is 32.5 Å². The molecule has 0 radical (unpaired) electrons. The number of carbonyl (C=O) groups is 2. The van der Waals surface area contributed by atoms with Gasteiger partial charge in [-0.2, -0.15) is 0 Å². The fourth-order valence-corrected chi connectivity index (χ4v) is 6.86. The van der Waals surface area contributed by atoms with Gasteiger partial charge >= 0.3 is 0 Å². The highest BCUT2D eigenvalue weighted by Crippen LogP contribution is 2.60. The molecule has 2 aliphatic heterocycles. The minimum Gasteiger partial charge on any atom is -0.310 e. The van der Waals surface area contributed by atoms with E-state index in [2.05, 4.69) is 13.8 Å². The van der Waals surface area contributed by atoms with E-state index in [-0.39, 0.29) is 16.6 Å². The Bertz CT molecular complexity index is 1310. The van der Waals surface area contributed by atoms with Crippen LogP contribution in [0.5, 0.6) is 0 Å². The number of amides is 2. The van der Waals surface area contributed by atoms with Crippen LogP contribution >= 0.6 is 35.0 Å². The van der Waals surface area contributed by atoms with Gasteiger partial charge in [0.05, 0.1) is 12.2 Å². The van der Waals surface area contributed by atoms with Gasteiger partial charge < -0.3 is 9.80 Å². The van der Waals surface area contributed by atoms with Crippen LogP contribution < -0.4 is 4.90 Å². The van der Waals surface area contributed by atoms with Crippen LogP contribution in [-0.4, -0.2) is 28.0 Å². The molecule has 0 N–H and O–H groups in total. The van der Waals surface area contributed by atoms with E-state index in [1.807, 2.05) is 43.3 Å². The Labute approximate surface area is 213 Å². The van der Waals surface area contributed by atoms with E-state index in [1.54, 1.807) is 40.1 Å². The Morgan fingerprint density at radius 1 is 1.00 bits per heavy atom. The first-order chi connectivity index (χ1) is 16.1. The average molecular weight is 511 g/mol. The number of hydrogen-bond acceptors (Lipinski definition) is 3. The largest absolute Gasteiger partial charge is 0.310 e. The number of thioether (sulfide) groups is 1. The maximum Gasteiger partial charge on any atom is 0.268 e. The highest BCUT2D eigenvalue weighted by atomic mass is 35.5. The summed E-state index contributed by atoms with van der Waals surface area (Å²) >= 11 is 14.0. The Morgan fingerprint density at radius 3 is 2.38 bits per heavy atom. The molecule has 0 aliphatic carbocycles. The molecule has 7 heteroatoms. The molecule has 5 rings (SSSR count). The van der Waals surface area contributed by atoms with E-state index >= 15 is 0 Å². The second-order valence-electron chi connectivity index (χ2n) is 9.38. The zero-order valence-corrected chi connectivity index (χ0v) is 21.5. The third kappa shape index (κ3) is 3.71. The molecule has 1 saturated heterocycles. The van der Waals surface area contributed by atoms with Gasteiger partial charge in [-0.3, -0.25) is 9.59 Å². The Morgan fingerprint density at radius 2 is 1.68 bits per heavy atom. The fraction of sp³-hybridized carbons (Fsp3) is 0.259. The number of hydrogen-bond donors (Lipinski definition) is 0. The van der Waals surface area contributed by atoms with Gasteiger partial charge in [-0.05, 0) is 74.4 Å². The predicted molar refractivity (Wildman–Crippen MR) is 140 cm³/mol. The average Bonchev–Trinajstić information content (AvgIpc) is 3.21. The number of anilines is 1. The molecule has 2 amide bonds. The molecule has 3 aromatic carbocycles. The monoisotopic (exact) mass is 510 g/mol. The molecule has 3 aromatic rings. The Hall–Kier alpha value is -2.47. The molecule has 174 valence electrons. The number of nitrogens with zero attached hydrogens (tertiary/aromatic N) is 2. The second-order valence-corrected chi connectivity index (χ2v) is 12.2. The number of halogens is 2. The van der Waals surface area contributed by atoms with Crippen LogP contribution in [0.25, 0.3) is 0 Å². The molecule has 1 fully saturated rings. The fourth-order valence-electron chi connectivity index (χ4n) is 4.84. The molecule has 2 heterocycles. The van der Waals surface area contributed by atoms with E-state index in [0.717, 1.165) is 22.4 Å². The lowest BCUT2D eigenvalue weighted by atomic mass is 10.0. The molecule has 1 spiro atoms. The topological polar surface area (TPSA) is 40.6 Å². The first-order valence-electron chi connectivity index (χ1n) is 11.1. The minimum absolute atomic E-state index is 0.120. The number of benzene rings is 3. The highest BCUT2D eigenvalue weighted by Gasteiger charge is 2.63. The predicted octanol–water partition coefficient (Wildman–Crippen LogP) is 6.67. The molecular formula is C27H24Cl2N2O2S. The van der Waals surface area contributed by atoms with Gasteiger partial charge in [0.15, 0.2) is 4.87 Å². The van der Waals surface area contributed by atoms with Crippen LogP contribution in [-0.2, 0) is 16.2 Å². The first-order valence-corrected chi connectivity index (χ1v) is 12.6. The third-order valence-corrected chi connectivity index (χ3v) is 8.50. The first kappa shape index (κ1) is 23.3. The van der Waals surface area contributed by atoms with Crippen LogP contribution in [0, 0.1) is 6.92 Å². The smallest absolute Gasteiger partial charge is 0.268 e. The summed E-state index contributed by atoms with van der Waals surface area (Å²) in [5.74, 6) is -0.322. The lowest BCUT2D eigenvalue weighted by Gasteiger charge is -2.33. The van der Waals surface area contributed by atoms with Crippen molar-refractivity contribution in [2.75, 3.05) is 11.4 Å². The van der Waals surface area contributed by atoms with E-state index in [0.29, 0.717) is 28.7 Å². The number of fused-ring (bicyclic) bond motifs is 2. The Balaban J connectivity index is 1.66. The normalized spacial score (nSPS) is 20.8. The molecule has 0 bridgehead atoms. The van der Waals surface area contributed by atoms with Crippen LogP contribution in [0.4, 0.5) is 5.69 Å². The van der Waals surface area contributed by atoms with Gasteiger partial charge in [-0.15, -0.1) is 11.8 Å². The minimum atomic E-state index is -1.19. The maximum atomic E-state index is 14.3. The lowest BCUT2D eigenvalue weighted by molar-refractivity contribution is -0.123. The van der Waals surface area contributed by atoms with Crippen LogP contribution in [0.3, 0.4) is 0 Å². The van der Waals surface area contributed by atoms with Crippen LogP contribution in [0.2, 0.25) is 10.0 Å². The highest BCUT2D eigenvalue weighted by molar-refractivity contribution is 8.02. The zero-order valence-electron chi connectivity index (χ0n) is 19.1. The molecule has 2 aliphatic rings. The van der Waals surface area contributed by atoms with Gasteiger partial charge in [0.25, 0.3) is 11.8 Å². The number of aryl methyl sites for hydroxylation is 1. The van der Waals surface area contributed by atoms with Crippen LogP contribution in [0.1, 0.15) is 40.9 Å². The van der Waals surface area contributed by atoms with Gasteiger partial charge in [-0.25, -0.2) is 0 Å².